The first kappa shape index (κ1) is 12.5. The molecule has 5 nitrogen and oxygen atoms in total. The van der Waals surface area contributed by atoms with E-state index in [0.717, 1.165) is 25.1 Å². The van der Waals surface area contributed by atoms with Crippen LogP contribution < -0.4 is 15.8 Å². The minimum absolute atomic E-state index is 0.230. The van der Waals surface area contributed by atoms with E-state index >= 15 is 0 Å². The summed E-state index contributed by atoms with van der Waals surface area (Å²) in [5.74, 6) is 1.44. The molecule has 0 fully saturated rings. The van der Waals surface area contributed by atoms with Gasteiger partial charge in [0, 0.05) is 12.1 Å². The normalized spacial score (nSPS) is 12.2. The number of nitrogens with two attached hydrogens (primary N) is 1. The predicted molar refractivity (Wildman–Crippen MR) is 65.6 cm³/mol. The number of hydrogen-bond acceptors (Lipinski definition) is 5. The van der Waals surface area contributed by atoms with E-state index < -0.39 is 0 Å². The van der Waals surface area contributed by atoms with Gasteiger partial charge in [-0.25, -0.2) is 0 Å². The third-order valence-corrected chi connectivity index (χ3v) is 2.41. The molecule has 0 aliphatic heterocycles. The lowest BCUT2D eigenvalue weighted by molar-refractivity contribution is 0.398. The SMILES string of the molecule is CCCC(CC)Nc1cc(OC)nc(N)n1. The Morgan fingerprint density at radius 3 is 2.75 bits per heavy atom. The average Bonchev–Trinajstić information content (AvgIpc) is 2.27. The molecule has 1 rings (SSSR count). The van der Waals surface area contributed by atoms with Crippen LogP contribution in [0, 0.1) is 0 Å². The first-order valence-electron chi connectivity index (χ1n) is 5.64. The molecule has 0 saturated heterocycles. The smallest absolute Gasteiger partial charge is 0.225 e. The van der Waals surface area contributed by atoms with E-state index in [0.29, 0.717) is 11.9 Å². The number of hydrogen-bond donors (Lipinski definition) is 2. The first-order chi connectivity index (χ1) is 7.69. The van der Waals surface area contributed by atoms with Crippen LogP contribution in [0.4, 0.5) is 11.8 Å². The molecular formula is C11H20N4O. The van der Waals surface area contributed by atoms with Crippen LogP contribution in [0.3, 0.4) is 0 Å². The third-order valence-electron chi connectivity index (χ3n) is 2.41. The molecule has 90 valence electrons. The number of methoxy groups -OCH3 is 1. The third kappa shape index (κ3) is 3.56. The molecule has 1 heterocycles. The molecule has 0 saturated carbocycles. The summed E-state index contributed by atoms with van der Waals surface area (Å²) in [5.41, 5.74) is 5.58. The fourth-order valence-corrected chi connectivity index (χ4v) is 1.56. The Kier molecular flexibility index (Phi) is 4.82. The van der Waals surface area contributed by atoms with Crippen LogP contribution in [0.2, 0.25) is 0 Å². The van der Waals surface area contributed by atoms with Gasteiger partial charge in [-0.05, 0) is 12.8 Å². The Balaban J connectivity index is 2.74. The van der Waals surface area contributed by atoms with E-state index in [4.69, 9.17) is 10.5 Å². The number of nitrogens with zero attached hydrogens (tertiary/aromatic N) is 2. The van der Waals surface area contributed by atoms with Crippen molar-refractivity contribution < 1.29 is 4.74 Å². The first-order valence-corrected chi connectivity index (χ1v) is 5.64. The molecule has 16 heavy (non-hydrogen) atoms. The minimum atomic E-state index is 0.230. The lowest BCUT2D eigenvalue weighted by atomic mass is 10.1. The topological polar surface area (TPSA) is 73.1 Å². The Morgan fingerprint density at radius 1 is 1.44 bits per heavy atom. The van der Waals surface area contributed by atoms with Crippen molar-refractivity contribution in [1.82, 2.24) is 9.97 Å². The molecule has 0 bridgehead atoms. The van der Waals surface area contributed by atoms with Gasteiger partial charge < -0.3 is 15.8 Å². The standard InChI is InChI=1S/C11H20N4O/c1-4-6-8(5-2)13-9-7-10(16-3)15-11(12)14-9/h7-8H,4-6H2,1-3H3,(H3,12,13,14,15). The van der Waals surface area contributed by atoms with Gasteiger partial charge in [-0.15, -0.1) is 0 Å². The van der Waals surface area contributed by atoms with Crippen LogP contribution >= 0.6 is 0 Å². The fourth-order valence-electron chi connectivity index (χ4n) is 1.56. The summed E-state index contributed by atoms with van der Waals surface area (Å²) in [5, 5.41) is 3.33. The number of rotatable bonds is 6. The van der Waals surface area contributed by atoms with Crippen LogP contribution in [0.5, 0.6) is 5.88 Å². The van der Waals surface area contributed by atoms with Crippen molar-refractivity contribution in [1.29, 1.82) is 0 Å². The summed E-state index contributed by atoms with van der Waals surface area (Å²) in [6, 6.07) is 2.18. The minimum Gasteiger partial charge on any atom is -0.481 e. The summed E-state index contributed by atoms with van der Waals surface area (Å²) in [6.45, 7) is 4.31. The van der Waals surface area contributed by atoms with E-state index in [9.17, 15) is 0 Å². The monoisotopic (exact) mass is 224 g/mol. The van der Waals surface area contributed by atoms with Gasteiger partial charge >= 0.3 is 0 Å². The molecule has 3 N–H and O–H groups in total. The number of anilines is 2. The zero-order valence-electron chi connectivity index (χ0n) is 10.2. The van der Waals surface area contributed by atoms with Gasteiger partial charge in [-0.3, -0.25) is 0 Å². The molecule has 0 aliphatic carbocycles. The molecule has 1 unspecified atom stereocenters. The number of nitrogens with one attached hydrogen (secondary N) is 1. The molecule has 1 aromatic heterocycles. The Labute approximate surface area is 96.4 Å². The molecule has 0 aliphatic rings. The van der Waals surface area contributed by atoms with Crippen LogP contribution in [-0.2, 0) is 0 Å². The largest absolute Gasteiger partial charge is 0.481 e. The lowest BCUT2D eigenvalue weighted by Crippen LogP contribution is -2.19. The molecule has 0 amide bonds. The maximum absolute atomic E-state index is 5.58. The number of nitrogen functional groups attached to an aromatic ring is 1. The predicted octanol–water partition coefficient (Wildman–Crippen LogP) is 2.06. The Hall–Kier alpha value is -1.52. The van der Waals surface area contributed by atoms with Crippen LogP contribution in [0.25, 0.3) is 0 Å². The molecular weight excluding hydrogens is 204 g/mol. The summed E-state index contributed by atoms with van der Waals surface area (Å²) >= 11 is 0. The maximum atomic E-state index is 5.58. The average molecular weight is 224 g/mol. The van der Waals surface area contributed by atoms with Gasteiger partial charge in [0.05, 0.1) is 7.11 Å². The van der Waals surface area contributed by atoms with E-state index in [2.05, 4.69) is 29.1 Å². The van der Waals surface area contributed by atoms with Crippen molar-refractivity contribution in [3.8, 4) is 5.88 Å². The highest BCUT2D eigenvalue weighted by Crippen LogP contribution is 2.16. The van der Waals surface area contributed by atoms with Gasteiger partial charge in [0.25, 0.3) is 0 Å². The molecule has 0 aromatic carbocycles. The van der Waals surface area contributed by atoms with Crippen molar-refractivity contribution in [2.24, 2.45) is 0 Å². The summed E-state index contributed by atoms with van der Waals surface area (Å²) in [4.78, 5) is 8.06. The van der Waals surface area contributed by atoms with Crippen LogP contribution in [-0.4, -0.2) is 23.1 Å². The quantitative estimate of drug-likeness (QED) is 0.773. The molecule has 5 heteroatoms. The van der Waals surface area contributed by atoms with Gasteiger partial charge in [0.15, 0.2) is 0 Å². The highest BCUT2D eigenvalue weighted by molar-refractivity contribution is 5.43. The van der Waals surface area contributed by atoms with Gasteiger partial charge in [0.2, 0.25) is 11.8 Å². The number of aromatic nitrogens is 2. The van der Waals surface area contributed by atoms with E-state index in [1.54, 1.807) is 13.2 Å². The highest BCUT2D eigenvalue weighted by atomic mass is 16.5. The van der Waals surface area contributed by atoms with Crippen molar-refractivity contribution >= 4 is 11.8 Å². The van der Waals surface area contributed by atoms with Crippen molar-refractivity contribution in [2.75, 3.05) is 18.2 Å². The molecule has 1 aromatic rings. The lowest BCUT2D eigenvalue weighted by Gasteiger charge is -2.17. The van der Waals surface area contributed by atoms with Crippen LogP contribution in [0.15, 0.2) is 6.07 Å². The second kappa shape index (κ2) is 6.15. The van der Waals surface area contributed by atoms with Crippen LogP contribution in [0.1, 0.15) is 33.1 Å². The van der Waals surface area contributed by atoms with Crippen molar-refractivity contribution in [2.45, 2.75) is 39.2 Å². The van der Waals surface area contributed by atoms with E-state index in [1.807, 2.05) is 0 Å². The fraction of sp³-hybridized carbons (Fsp3) is 0.636. The zero-order chi connectivity index (χ0) is 12.0. The Morgan fingerprint density at radius 2 is 2.19 bits per heavy atom. The van der Waals surface area contributed by atoms with Gasteiger partial charge in [0.1, 0.15) is 5.82 Å². The molecule has 1 atom stereocenters. The summed E-state index contributed by atoms with van der Waals surface area (Å²) in [6.07, 6.45) is 3.31. The molecule has 0 spiro atoms. The highest BCUT2D eigenvalue weighted by Gasteiger charge is 2.08. The van der Waals surface area contributed by atoms with Gasteiger partial charge in [-0.2, -0.15) is 9.97 Å². The summed E-state index contributed by atoms with van der Waals surface area (Å²) < 4.78 is 5.04. The van der Waals surface area contributed by atoms with Crippen molar-refractivity contribution in [3.63, 3.8) is 0 Å². The van der Waals surface area contributed by atoms with Gasteiger partial charge in [-0.1, -0.05) is 20.3 Å². The van der Waals surface area contributed by atoms with Crippen molar-refractivity contribution in [3.05, 3.63) is 6.07 Å². The second-order valence-corrected chi connectivity index (χ2v) is 3.69. The summed E-state index contributed by atoms with van der Waals surface area (Å²) in [7, 11) is 1.56. The number of ether oxygens (including phenoxy) is 1. The maximum Gasteiger partial charge on any atom is 0.225 e. The molecule has 0 radical (unpaired) electrons. The zero-order valence-corrected chi connectivity index (χ0v) is 10.2. The Bertz CT molecular complexity index is 330. The van der Waals surface area contributed by atoms with E-state index in [1.165, 1.54) is 0 Å². The second-order valence-electron chi connectivity index (χ2n) is 3.69. The van der Waals surface area contributed by atoms with E-state index in [-0.39, 0.29) is 5.95 Å².